The van der Waals surface area contributed by atoms with Crippen LogP contribution in [0.2, 0.25) is 10.0 Å². The Balaban J connectivity index is 0.000000252. The van der Waals surface area contributed by atoms with E-state index in [-0.39, 0.29) is 61.6 Å². The van der Waals surface area contributed by atoms with Gasteiger partial charge in [0, 0.05) is 76.9 Å². The summed E-state index contributed by atoms with van der Waals surface area (Å²) in [4.78, 5) is 82.8. The number of nitrogens with zero attached hydrogens (tertiary/aromatic N) is 4. The Morgan fingerprint density at radius 3 is 1.43 bits per heavy atom. The molecule has 19 heteroatoms. The molecule has 4 heterocycles. The third-order valence-corrected chi connectivity index (χ3v) is 10.2. The Morgan fingerprint density at radius 2 is 1.06 bits per heavy atom. The molecule has 65 heavy (non-hydrogen) atoms. The minimum absolute atomic E-state index is 0.0806. The van der Waals surface area contributed by atoms with Gasteiger partial charge in [0.05, 0.1) is 0 Å². The molecule has 0 aliphatic rings. The summed E-state index contributed by atoms with van der Waals surface area (Å²) in [6, 6.07) is 23.5. The molecule has 0 atom stereocenters. The number of aromatic nitrogens is 4. The zero-order valence-corrected chi connectivity index (χ0v) is 37.8. The smallest absolute Gasteiger partial charge is 0.323 e. The fraction of sp³-hybridized carbons (Fsp3) is 0.304. The number of pyridine rings is 4. The predicted molar refractivity (Wildman–Crippen MR) is 249 cm³/mol. The molecule has 0 spiro atoms. The molecule has 6 aromatic rings. The molecule has 344 valence electrons. The number of hydrogen-bond acceptors (Lipinski definition) is 11. The van der Waals surface area contributed by atoms with Gasteiger partial charge in [0.15, 0.2) is 0 Å². The number of aliphatic hydroxyl groups is 2. The summed E-state index contributed by atoms with van der Waals surface area (Å²) in [7, 11) is 0. The molecule has 0 aliphatic carbocycles. The number of aliphatic hydroxyl groups excluding tert-OH is 2. The third kappa shape index (κ3) is 15.0. The summed E-state index contributed by atoms with van der Waals surface area (Å²) < 4.78 is 2.17. The van der Waals surface area contributed by atoms with Crippen LogP contribution in [0.3, 0.4) is 0 Å². The molecule has 0 bridgehead atoms. The monoisotopic (exact) mass is 930 g/mol. The number of carboxylic acid groups (broad SMARTS) is 1. The molecule has 6 rings (SSSR count). The second kappa shape index (κ2) is 23.4. The first kappa shape index (κ1) is 51.1. The van der Waals surface area contributed by atoms with Crippen LogP contribution in [0.1, 0.15) is 59.5 Å². The minimum atomic E-state index is -1.20. The van der Waals surface area contributed by atoms with Crippen LogP contribution in [0.15, 0.2) is 107 Å². The van der Waals surface area contributed by atoms with Gasteiger partial charge in [-0.2, -0.15) is 0 Å². The van der Waals surface area contributed by atoms with E-state index in [9.17, 15) is 33.9 Å². The molecule has 8 N–H and O–H groups in total. The molecule has 0 radical (unpaired) electrons. The molecule has 17 nitrogen and oxygen atoms in total. The van der Waals surface area contributed by atoms with E-state index in [1.165, 1.54) is 29.1 Å². The van der Waals surface area contributed by atoms with Crippen molar-refractivity contribution in [3.8, 4) is 0 Å². The van der Waals surface area contributed by atoms with Crippen LogP contribution in [0.4, 0.5) is 0 Å². The van der Waals surface area contributed by atoms with Crippen LogP contribution in [-0.4, -0.2) is 84.4 Å². The molecule has 0 saturated heterocycles. The molecule has 0 unspecified atom stereocenters. The van der Waals surface area contributed by atoms with E-state index in [0.717, 1.165) is 15.7 Å². The molecule has 0 saturated carbocycles. The summed E-state index contributed by atoms with van der Waals surface area (Å²) in [5, 5.41) is 37.3. The van der Waals surface area contributed by atoms with E-state index in [1.807, 2.05) is 27.7 Å². The molecule has 0 aliphatic heterocycles. The van der Waals surface area contributed by atoms with Crippen molar-refractivity contribution < 1.29 is 34.5 Å². The fourth-order valence-corrected chi connectivity index (χ4v) is 5.84. The largest absolute Gasteiger partial charge is 0.480 e. The van der Waals surface area contributed by atoms with Crippen molar-refractivity contribution in [1.82, 2.24) is 35.1 Å². The molecule has 2 aromatic carbocycles. The van der Waals surface area contributed by atoms with Gasteiger partial charge in [-0.3, -0.25) is 37.9 Å². The number of amides is 3. The Bertz CT molecular complexity index is 2730. The van der Waals surface area contributed by atoms with Crippen LogP contribution in [0.25, 0.3) is 22.1 Å². The highest BCUT2D eigenvalue weighted by atomic mass is 35.5. The van der Waals surface area contributed by atoms with Gasteiger partial charge in [0.2, 0.25) is 5.91 Å². The Kier molecular flexibility index (Phi) is 18.4. The molecular weight excluding hydrogens is 879 g/mol. The second-order valence-electron chi connectivity index (χ2n) is 16.4. The molecule has 3 amide bonds. The Morgan fingerprint density at radius 1 is 0.646 bits per heavy atom. The molecule has 4 aromatic heterocycles. The average molecular weight is 932 g/mol. The van der Waals surface area contributed by atoms with Gasteiger partial charge in [0.25, 0.3) is 22.9 Å². The summed E-state index contributed by atoms with van der Waals surface area (Å²) in [5.74, 6) is -2.75. The van der Waals surface area contributed by atoms with Crippen molar-refractivity contribution in [2.45, 2.75) is 53.9 Å². The summed E-state index contributed by atoms with van der Waals surface area (Å²) in [6.45, 7) is 7.87. The highest BCUT2D eigenvalue weighted by Gasteiger charge is 2.21. The lowest BCUT2D eigenvalue weighted by Gasteiger charge is -2.22. The number of halogens is 2. The van der Waals surface area contributed by atoms with Gasteiger partial charge < -0.3 is 37.0 Å². The van der Waals surface area contributed by atoms with Crippen molar-refractivity contribution in [3.05, 3.63) is 150 Å². The lowest BCUT2D eigenvalue weighted by atomic mass is 9.95. The summed E-state index contributed by atoms with van der Waals surface area (Å²) in [6.07, 6.45) is 2.98. The zero-order valence-electron chi connectivity index (χ0n) is 36.3. The summed E-state index contributed by atoms with van der Waals surface area (Å²) in [5.41, 5.74) is 5.32. The predicted octanol–water partition coefficient (Wildman–Crippen LogP) is 4.14. The first-order chi connectivity index (χ1) is 30.8. The Hall–Kier alpha value is -6.50. The van der Waals surface area contributed by atoms with E-state index < -0.39 is 46.8 Å². The van der Waals surface area contributed by atoms with Crippen LogP contribution in [0.5, 0.6) is 0 Å². The number of carbonyl (C=O) groups is 4. The van der Waals surface area contributed by atoms with Crippen LogP contribution >= 0.6 is 23.2 Å². The molecular formula is C46H52Cl2N8O9. The first-order valence-electron chi connectivity index (χ1n) is 20.2. The van der Waals surface area contributed by atoms with E-state index in [1.54, 1.807) is 72.8 Å². The maximum Gasteiger partial charge on any atom is 0.323 e. The lowest BCUT2D eigenvalue weighted by Crippen LogP contribution is -2.40. The van der Waals surface area contributed by atoms with Gasteiger partial charge in [-0.1, -0.05) is 75.2 Å². The third-order valence-electron chi connectivity index (χ3n) is 9.69. The number of aliphatic carboxylic acids is 1. The van der Waals surface area contributed by atoms with Crippen LogP contribution < -0.4 is 32.8 Å². The van der Waals surface area contributed by atoms with Crippen molar-refractivity contribution in [2.75, 3.05) is 26.3 Å². The minimum Gasteiger partial charge on any atom is -0.480 e. The SMILES string of the molecule is CC(C)(CN)CO.CC(C)(CO)CNC(=O)Cn1c(=O)c(C(=O)NCc2ccc(Cl)cc2)cc2cccnc21.O=C(O)Cn1c(=O)c(C(=O)NCc2ccc(Cl)cc2)cc2cccnc21. The van der Waals surface area contributed by atoms with Gasteiger partial charge in [-0.25, -0.2) is 9.97 Å². The highest BCUT2D eigenvalue weighted by molar-refractivity contribution is 6.30. The number of nitrogens with one attached hydrogen (secondary N) is 3. The van der Waals surface area contributed by atoms with Gasteiger partial charge in [-0.15, -0.1) is 0 Å². The molecule has 0 fully saturated rings. The quantitative estimate of drug-likeness (QED) is 0.0767. The van der Waals surface area contributed by atoms with E-state index in [0.29, 0.717) is 33.0 Å². The second-order valence-corrected chi connectivity index (χ2v) is 17.2. The van der Waals surface area contributed by atoms with Crippen molar-refractivity contribution in [3.63, 3.8) is 0 Å². The van der Waals surface area contributed by atoms with E-state index in [4.69, 9.17) is 39.1 Å². The number of hydrogen-bond donors (Lipinski definition) is 7. The van der Waals surface area contributed by atoms with Crippen molar-refractivity contribution in [1.29, 1.82) is 0 Å². The fourth-order valence-electron chi connectivity index (χ4n) is 5.58. The number of fused-ring (bicyclic) bond motifs is 2. The van der Waals surface area contributed by atoms with Crippen LogP contribution in [0, 0.1) is 10.8 Å². The van der Waals surface area contributed by atoms with Crippen LogP contribution in [-0.2, 0) is 35.8 Å². The maximum atomic E-state index is 13.1. The Labute approximate surface area is 384 Å². The number of rotatable bonds is 15. The van der Waals surface area contributed by atoms with Gasteiger partial charge in [-0.05, 0) is 78.3 Å². The maximum absolute atomic E-state index is 13.1. The van der Waals surface area contributed by atoms with Gasteiger partial charge in [0.1, 0.15) is 35.5 Å². The lowest BCUT2D eigenvalue weighted by molar-refractivity contribution is -0.137. The topological polar surface area (TPSA) is 261 Å². The number of nitrogens with two attached hydrogens (primary N) is 1. The standard InChI is InChI=1S/C23H25ClN4O4.C18H14ClN3O4.C5H13NO/c1-23(2,14-29)13-27-19(30)12-28-20-16(4-3-9-25-20)10-18(22(28)32)21(31)26-11-15-5-7-17(24)8-6-15;19-13-5-3-11(4-6-13)9-21-17(25)14-8-12-2-1-7-20-16(12)22(18(14)26)10-15(23)24;1-5(2,3-6)4-7/h3-10,29H,11-14H2,1-2H3,(H,26,31)(H,27,30);1-8H,9-10H2,(H,21,25)(H,23,24);7H,3-4,6H2,1-2H3. The first-order valence-corrected chi connectivity index (χ1v) is 21.0. The highest BCUT2D eigenvalue weighted by Crippen LogP contribution is 2.16. The van der Waals surface area contributed by atoms with E-state index >= 15 is 0 Å². The van der Waals surface area contributed by atoms with Crippen molar-refractivity contribution in [2.24, 2.45) is 16.6 Å². The summed E-state index contributed by atoms with van der Waals surface area (Å²) >= 11 is 11.7. The van der Waals surface area contributed by atoms with Gasteiger partial charge >= 0.3 is 5.97 Å². The number of benzene rings is 2. The zero-order chi connectivity index (χ0) is 47.9. The van der Waals surface area contributed by atoms with E-state index in [2.05, 4.69) is 25.9 Å². The van der Waals surface area contributed by atoms with Crippen molar-refractivity contribution >= 4 is 69.0 Å². The normalized spacial score (nSPS) is 11.2. The number of carbonyl (C=O) groups excluding carboxylic acids is 3. The number of carboxylic acids is 1. The average Bonchev–Trinajstić information content (AvgIpc) is 3.29.